The lowest BCUT2D eigenvalue weighted by atomic mass is 9.87. The molecule has 1 aliphatic rings. The van der Waals surface area contributed by atoms with E-state index in [1.54, 1.807) is 0 Å². The number of rotatable bonds is 3. The highest BCUT2D eigenvalue weighted by Gasteiger charge is 2.17. The van der Waals surface area contributed by atoms with Gasteiger partial charge in [-0.25, -0.2) is 0 Å². The minimum Gasteiger partial charge on any atom is -0.397 e. The van der Waals surface area contributed by atoms with Crippen LogP contribution in [-0.2, 0) is 4.79 Å². The quantitative estimate of drug-likeness (QED) is 0.812. The molecule has 0 radical (unpaired) electrons. The zero-order valence-corrected chi connectivity index (χ0v) is 12.0. The molecule has 1 fully saturated rings. The third kappa shape index (κ3) is 3.72. The van der Waals surface area contributed by atoms with Crippen molar-refractivity contribution in [3.63, 3.8) is 0 Å². The molecule has 0 heterocycles. The zero-order chi connectivity index (χ0) is 13.8. The molecule has 1 aliphatic carbocycles. The van der Waals surface area contributed by atoms with Gasteiger partial charge in [-0.2, -0.15) is 0 Å². The summed E-state index contributed by atoms with van der Waals surface area (Å²) in [6, 6.07) is 3.88. The van der Waals surface area contributed by atoms with Crippen LogP contribution in [0.2, 0.25) is 0 Å². The highest BCUT2D eigenvalue weighted by atomic mass is 16.1. The number of carbonyl (C=O) groups is 1. The van der Waals surface area contributed by atoms with Crippen LogP contribution in [0, 0.1) is 19.8 Å². The Labute approximate surface area is 115 Å². The average molecular weight is 260 g/mol. The summed E-state index contributed by atoms with van der Waals surface area (Å²) in [4.78, 5) is 12.1. The van der Waals surface area contributed by atoms with Crippen LogP contribution in [0.4, 0.5) is 11.4 Å². The van der Waals surface area contributed by atoms with Gasteiger partial charge in [0.2, 0.25) is 5.91 Å². The van der Waals surface area contributed by atoms with Crippen molar-refractivity contribution in [3.05, 3.63) is 23.3 Å². The molecule has 1 amide bonds. The van der Waals surface area contributed by atoms with Gasteiger partial charge in [-0.15, -0.1) is 0 Å². The van der Waals surface area contributed by atoms with Crippen molar-refractivity contribution in [1.82, 2.24) is 0 Å². The molecule has 1 saturated carbocycles. The van der Waals surface area contributed by atoms with Crippen LogP contribution in [0.3, 0.4) is 0 Å². The number of carbonyl (C=O) groups excluding carboxylic acids is 1. The molecular formula is C16H24N2O. The monoisotopic (exact) mass is 260 g/mol. The number of hydrogen-bond donors (Lipinski definition) is 2. The number of anilines is 2. The standard InChI is InChI=1S/C16H24N2O/c1-11-8-14(17)15(9-12(11)2)18-16(19)10-13-6-4-3-5-7-13/h8-9,13H,3-7,10,17H2,1-2H3,(H,18,19). The maximum absolute atomic E-state index is 12.1. The third-order valence-corrected chi connectivity index (χ3v) is 4.14. The first-order valence-corrected chi connectivity index (χ1v) is 7.23. The fraction of sp³-hybridized carbons (Fsp3) is 0.562. The molecular weight excluding hydrogens is 236 g/mol. The first-order valence-electron chi connectivity index (χ1n) is 7.23. The molecule has 0 spiro atoms. The summed E-state index contributed by atoms with van der Waals surface area (Å²) >= 11 is 0. The summed E-state index contributed by atoms with van der Waals surface area (Å²) in [5.74, 6) is 0.656. The summed E-state index contributed by atoms with van der Waals surface area (Å²) in [6.45, 7) is 4.06. The first-order chi connectivity index (χ1) is 9.06. The first kappa shape index (κ1) is 13.9. The second-order valence-corrected chi connectivity index (χ2v) is 5.78. The number of nitrogen functional groups attached to an aromatic ring is 1. The van der Waals surface area contributed by atoms with Crippen LogP contribution in [0.5, 0.6) is 0 Å². The molecule has 104 valence electrons. The van der Waals surface area contributed by atoms with Gasteiger partial charge in [0.25, 0.3) is 0 Å². The Morgan fingerprint density at radius 2 is 1.84 bits per heavy atom. The predicted octanol–water partition coefficient (Wildman–Crippen LogP) is 3.79. The molecule has 0 saturated heterocycles. The highest BCUT2D eigenvalue weighted by molar-refractivity contribution is 5.94. The van der Waals surface area contributed by atoms with Crippen molar-refractivity contribution < 1.29 is 4.79 Å². The van der Waals surface area contributed by atoms with E-state index in [1.165, 1.54) is 32.1 Å². The Morgan fingerprint density at radius 3 is 2.53 bits per heavy atom. The molecule has 3 nitrogen and oxygen atoms in total. The molecule has 0 aromatic heterocycles. The lowest BCUT2D eigenvalue weighted by Crippen LogP contribution is -2.19. The summed E-state index contributed by atoms with van der Waals surface area (Å²) in [7, 11) is 0. The molecule has 0 atom stereocenters. The molecule has 19 heavy (non-hydrogen) atoms. The molecule has 0 unspecified atom stereocenters. The third-order valence-electron chi connectivity index (χ3n) is 4.14. The Balaban J connectivity index is 1.96. The van der Waals surface area contributed by atoms with E-state index in [4.69, 9.17) is 5.73 Å². The van der Waals surface area contributed by atoms with Crippen LogP contribution < -0.4 is 11.1 Å². The molecule has 2 rings (SSSR count). The number of benzene rings is 1. The summed E-state index contributed by atoms with van der Waals surface area (Å²) in [6.07, 6.45) is 6.87. The molecule has 0 aliphatic heterocycles. The fourth-order valence-corrected chi connectivity index (χ4v) is 2.80. The van der Waals surface area contributed by atoms with E-state index in [-0.39, 0.29) is 5.91 Å². The van der Waals surface area contributed by atoms with Gasteiger partial charge < -0.3 is 11.1 Å². The van der Waals surface area contributed by atoms with E-state index in [9.17, 15) is 4.79 Å². The lowest BCUT2D eigenvalue weighted by molar-refractivity contribution is -0.117. The van der Waals surface area contributed by atoms with Gasteiger partial charge in [0.1, 0.15) is 0 Å². The summed E-state index contributed by atoms with van der Waals surface area (Å²) in [5.41, 5.74) is 9.67. The van der Waals surface area contributed by atoms with Crippen molar-refractivity contribution >= 4 is 17.3 Å². The minimum absolute atomic E-state index is 0.0989. The van der Waals surface area contributed by atoms with Crippen molar-refractivity contribution in [2.24, 2.45) is 5.92 Å². The van der Waals surface area contributed by atoms with E-state index in [2.05, 4.69) is 5.32 Å². The molecule has 0 bridgehead atoms. The van der Waals surface area contributed by atoms with Gasteiger partial charge in [-0.05, 0) is 55.9 Å². The van der Waals surface area contributed by atoms with E-state index >= 15 is 0 Å². The van der Waals surface area contributed by atoms with Crippen LogP contribution in [-0.4, -0.2) is 5.91 Å². The predicted molar refractivity (Wildman–Crippen MR) is 80.2 cm³/mol. The Bertz CT molecular complexity index is 462. The maximum atomic E-state index is 12.1. The molecule has 3 N–H and O–H groups in total. The lowest BCUT2D eigenvalue weighted by Gasteiger charge is -2.21. The van der Waals surface area contributed by atoms with E-state index in [0.29, 0.717) is 18.0 Å². The van der Waals surface area contributed by atoms with Crippen molar-refractivity contribution in [2.45, 2.75) is 52.4 Å². The topological polar surface area (TPSA) is 55.1 Å². The molecule has 1 aromatic rings. The van der Waals surface area contributed by atoms with Gasteiger partial charge in [0.05, 0.1) is 11.4 Å². The van der Waals surface area contributed by atoms with Crippen molar-refractivity contribution in [2.75, 3.05) is 11.1 Å². The second-order valence-electron chi connectivity index (χ2n) is 5.78. The zero-order valence-electron chi connectivity index (χ0n) is 12.0. The van der Waals surface area contributed by atoms with Crippen LogP contribution in [0.15, 0.2) is 12.1 Å². The smallest absolute Gasteiger partial charge is 0.224 e. The number of hydrogen-bond acceptors (Lipinski definition) is 2. The summed E-state index contributed by atoms with van der Waals surface area (Å²) < 4.78 is 0. The van der Waals surface area contributed by atoms with Gasteiger partial charge in [0.15, 0.2) is 0 Å². The second kappa shape index (κ2) is 6.09. The van der Waals surface area contributed by atoms with Gasteiger partial charge >= 0.3 is 0 Å². The van der Waals surface area contributed by atoms with Gasteiger partial charge in [0, 0.05) is 6.42 Å². The van der Waals surface area contributed by atoms with E-state index in [1.807, 2.05) is 26.0 Å². The normalized spacial score (nSPS) is 16.3. The SMILES string of the molecule is Cc1cc(N)c(NC(=O)CC2CCCCC2)cc1C. The minimum atomic E-state index is 0.0989. The van der Waals surface area contributed by atoms with Gasteiger partial charge in [-0.1, -0.05) is 19.3 Å². The number of nitrogens with one attached hydrogen (secondary N) is 1. The maximum Gasteiger partial charge on any atom is 0.224 e. The fourth-order valence-electron chi connectivity index (χ4n) is 2.80. The Kier molecular flexibility index (Phi) is 4.46. The van der Waals surface area contributed by atoms with E-state index < -0.39 is 0 Å². The Morgan fingerprint density at radius 1 is 1.21 bits per heavy atom. The molecule has 1 aromatic carbocycles. The number of nitrogens with two attached hydrogens (primary N) is 1. The summed E-state index contributed by atoms with van der Waals surface area (Å²) in [5, 5.41) is 2.96. The highest BCUT2D eigenvalue weighted by Crippen LogP contribution is 2.28. The average Bonchev–Trinajstić information content (AvgIpc) is 2.37. The largest absolute Gasteiger partial charge is 0.397 e. The Hall–Kier alpha value is -1.51. The number of amides is 1. The van der Waals surface area contributed by atoms with Crippen molar-refractivity contribution in [1.29, 1.82) is 0 Å². The van der Waals surface area contributed by atoms with E-state index in [0.717, 1.165) is 16.8 Å². The van der Waals surface area contributed by atoms with Crippen LogP contribution in [0.1, 0.15) is 49.7 Å². The molecule has 3 heteroatoms. The number of aryl methyl sites for hydroxylation is 2. The van der Waals surface area contributed by atoms with Crippen LogP contribution >= 0.6 is 0 Å². The van der Waals surface area contributed by atoms with Crippen LogP contribution in [0.25, 0.3) is 0 Å². The van der Waals surface area contributed by atoms with Gasteiger partial charge in [-0.3, -0.25) is 4.79 Å². The van der Waals surface area contributed by atoms with Crippen molar-refractivity contribution in [3.8, 4) is 0 Å².